The van der Waals surface area contributed by atoms with E-state index >= 15 is 0 Å². The number of nitrogens with zero attached hydrogens (tertiary/aromatic N) is 3. The summed E-state index contributed by atoms with van der Waals surface area (Å²) in [6.45, 7) is 4.84. The van der Waals surface area contributed by atoms with Gasteiger partial charge >= 0.3 is 0 Å². The molecule has 20 heavy (non-hydrogen) atoms. The molecular formula is C15H26N4O. The first kappa shape index (κ1) is 14.9. The number of ether oxygens (including phenoxy) is 1. The van der Waals surface area contributed by atoms with Crippen molar-refractivity contribution in [1.29, 1.82) is 0 Å². The molecule has 0 saturated carbocycles. The van der Waals surface area contributed by atoms with Crippen molar-refractivity contribution in [3.05, 3.63) is 12.1 Å². The van der Waals surface area contributed by atoms with Gasteiger partial charge in [-0.05, 0) is 45.5 Å². The van der Waals surface area contributed by atoms with Crippen LogP contribution in [0.2, 0.25) is 0 Å². The van der Waals surface area contributed by atoms with Crippen LogP contribution in [0.5, 0.6) is 5.88 Å². The smallest absolute Gasteiger partial charge is 0.239 e. The summed E-state index contributed by atoms with van der Waals surface area (Å²) in [6, 6.07) is 4.43. The standard InChI is InChI=1S/C15H26N4O/c1-4-10-20-15-13(16)7-8-14(17-15)19-9-5-6-12(19)11-18(2)3/h7-8,12H,4-6,9-11,16H2,1-3H3. The SMILES string of the molecule is CCCOc1nc(N2CCCC2CN(C)C)ccc1N. The molecule has 2 N–H and O–H groups in total. The van der Waals surface area contributed by atoms with Gasteiger partial charge in [0.25, 0.3) is 0 Å². The Balaban J connectivity index is 2.14. The Morgan fingerprint density at radius 2 is 2.25 bits per heavy atom. The zero-order valence-electron chi connectivity index (χ0n) is 12.8. The first-order valence-corrected chi connectivity index (χ1v) is 7.42. The molecule has 5 heteroatoms. The van der Waals surface area contributed by atoms with Crippen LogP contribution in [0.4, 0.5) is 11.5 Å². The number of nitrogens with two attached hydrogens (primary N) is 1. The fourth-order valence-corrected chi connectivity index (χ4v) is 2.66. The highest BCUT2D eigenvalue weighted by Crippen LogP contribution is 2.28. The molecule has 0 bridgehead atoms. The largest absolute Gasteiger partial charge is 0.476 e. The molecule has 2 rings (SSSR count). The lowest BCUT2D eigenvalue weighted by atomic mass is 10.2. The molecular weight excluding hydrogens is 252 g/mol. The fourth-order valence-electron chi connectivity index (χ4n) is 2.66. The van der Waals surface area contributed by atoms with Crippen LogP contribution in [-0.2, 0) is 0 Å². The van der Waals surface area contributed by atoms with Gasteiger partial charge in [0, 0.05) is 19.1 Å². The molecule has 112 valence electrons. The van der Waals surface area contributed by atoms with Crippen molar-refractivity contribution in [3.8, 4) is 5.88 Å². The Morgan fingerprint density at radius 1 is 1.45 bits per heavy atom. The van der Waals surface area contributed by atoms with Crippen molar-refractivity contribution >= 4 is 11.5 Å². The van der Waals surface area contributed by atoms with Crippen molar-refractivity contribution < 1.29 is 4.74 Å². The molecule has 1 aromatic rings. The van der Waals surface area contributed by atoms with Gasteiger partial charge in [-0.15, -0.1) is 0 Å². The molecule has 1 aliphatic heterocycles. The van der Waals surface area contributed by atoms with E-state index in [-0.39, 0.29) is 0 Å². The van der Waals surface area contributed by atoms with Crippen LogP contribution in [0.15, 0.2) is 12.1 Å². The van der Waals surface area contributed by atoms with Gasteiger partial charge in [-0.1, -0.05) is 6.92 Å². The summed E-state index contributed by atoms with van der Waals surface area (Å²) in [7, 11) is 4.23. The van der Waals surface area contributed by atoms with Gasteiger partial charge in [-0.25, -0.2) is 0 Å². The van der Waals surface area contributed by atoms with Gasteiger partial charge in [-0.2, -0.15) is 4.98 Å². The van der Waals surface area contributed by atoms with Crippen LogP contribution in [0.1, 0.15) is 26.2 Å². The molecule has 2 heterocycles. The van der Waals surface area contributed by atoms with E-state index in [1.807, 2.05) is 12.1 Å². The molecule has 1 unspecified atom stereocenters. The van der Waals surface area contributed by atoms with Crippen molar-refractivity contribution in [2.75, 3.05) is 44.4 Å². The van der Waals surface area contributed by atoms with E-state index in [1.165, 1.54) is 12.8 Å². The maximum Gasteiger partial charge on any atom is 0.239 e. The molecule has 0 amide bonds. The third-order valence-electron chi connectivity index (χ3n) is 3.57. The number of hydrogen-bond acceptors (Lipinski definition) is 5. The lowest BCUT2D eigenvalue weighted by molar-refractivity contribution is 0.307. The van der Waals surface area contributed by atoms with E-state index in [0.29, 0.717) is 24.2 Å². The molecule has 1 fully saturated rings. The van der Waals surface area contributed by atoms with E-state index in [2.05, 4.69) is 35.8 Å². The molecule has 0 radical (unpaired) electrons. The summed E-state index contributed by atoms with van der Waals surface area (Å²) in [5, 5.41) is 0. The highest BCUT2D eigenvalue weighted by atomic mass is 16.5. The Kier molecular flexibility index (Phi) is 5.06. The maximum atomic E-state index is 5.93. The number of likely N-dealkylation sites (N-methyl/N-ethyl adjacent to an activating group) is 1. The average Bonchev–Trinajstić information content (AvgIpc) is 2.85. The lowest BCUT2D eigenvalue weighted by Gasteiger charge is -2.28. The van der Waals surface area contributed by atoms with Gasteiger partial charge in [0.2, 0.25) is 5.88 Å². The van der Waals surface area contributed by atoms with Gasteiger partial charge in [0.05, 0.1) is 12.3 Å². The summed E-state index contributed by atoms with van der Waals surface area (Å²) in [4.78, 5) is 9.21. The highest BCUT2D eigenvalue weighted by molar-refractivity contribution is 5.55. The number of nitrogen functional groups attached to an aromatic ring is 1. The minimum Gasteiger partial charge on any atom is -0.476 e. The maximum absolute atomic E-state index is 5.93. The second-order valence-electron chi connectivity index (χ2n) is 5.66. The summed E-state index contributed by atoms with van der Waals surface area (Å²) >= 11 is 0. The summed E-state index contributed by atoms with van der Waals surface area (Å²) in [5.41, 5.74) is 6.55. The first-order chi connectivity index (χ1) is 9.61. The molecule has 1 aliphatic rings. The van der Waals surface area contributed by atoms with Crippen molar-refractivity contribution in [1.82, 2.24) is 9.88 Å². The monoisotopic (exact) mass is 278 g/mol. The third-order valence-corrected chi connectivity index (χ3v) is 3.57. The van der Waals surface area contributed by atoms with Crippen LogP contribution in [-0.4, -0.2) is 49.7 Å². The average molecular weight is 278 g/mol. The Bertz CT molecular complexity index is 436. The Labute approximate surface area is 121 Å². The zero-order valence-corrected chi connectivity index (χ0v) is 12.8. The molecule has 1 saturated heterocycles. The first-order valence-electron chi connectivity index (χ1n) is 7.42. The van der Waals surface area contributed by atoms with E-state index in [4.69, 9.17) is 10.5 Å². The van der Waals surface area contributed by atoms with E-state index in [0.717, 1.165) is 25.3 Å². The Hall–Kier alpha value is -1.49. The van der Waals surface area contributed by atoms with Crippen LogP contribution in [0.3, 0.4) is 0 Å². The van der Waals surface area contributed by atoms with Gasteiger partial charge in [-0.3, -0.25) is 0 Å². The van der Waals surface area contributed by atoms with Crippen LogP contribution in [0, 0.1) is 0 Å². The molecule has 1 aromatic heterocycles. The number of anilines is 2. The number of pyridine rings is 1. The number of rotatable bonds is 6. The topological polar surface area (TPSA) is 54.6 Å². The zero-order chi connectivity index (χ0) is 14.5. The molecule has 5 nitrogen and oxygen atoms in total. The predicted octanol–water partition coefficient (Wildman–Crippen LogP) is 1.98. The third kappa shape index (κ3) is 3.54. The lowest BCUT2D eigenvalue weighted by Crippen LogP contribution is -2.38. The van der Waals surface area contributed by atoms with Gasteiger partial charge in [0.1, 0.15) is 5.82 Å². The summed E-state index contributed by atoms with van der Waals surface area (Å²) in [6.07, 6.45) is 3.39. The quantitative estimate of drug-likeness (QED) is 0.862. The predicted molar refractivity (Wildman–Crippen MR) is 83.4 cm³/mol. The van der Waals surface area contributed by atoms with E-state index in [9.17, 15) is 0 Å². The van der Waals surface area contributed by atoms with E-state index in [1.54, 1.807) is 0 Å². The van der Waals surface area contributed by atoms with Crippen molar-refractivity contribution in [3.63, 3.8) is 0 Å². The Morgan fingerprint density at radius 3 is 2.95 bits per heavy atom. The number of hydrogen-bond donors (Lipinski definition) is 1. The minimum absolute atomic E-state index is 0.528. The highest BCUT2D eigenvalue weighted by Gasteiger charge is 2.26. The normalized spacial score (nSPS) is 18.8. The minimum atomic E-state index is 0.528. The van der Waals surface area contributed by atoms with Crippen molar-refractivity contribution in [2.24, 2.45) is 0 Å². The van der Waals surface area contributed by atoms with E-state index < -0.39 is 0 Å². The molecule has 0 aliphatic carbocycles. The number of aromatic nitrogens is 1. The van der Waals surface area contributed by atoms with Crippen LogP contribution >= 0.6 is 0 Å². The van der Waals surface area contributed by atoms with Gasteiger partial charge < -0.3 is 20.3 Å². The van der Waals surface area contributed by atoms with Crippen molar-refractivity contribution in [2.45, 2.75) is 32.2 Å². The van der Waals surface area contributed by atoms with Gasteiger partial charge in [0.15, 0.2) is 0 Å². The fraction of sp³-hybridized carbons (Fsp3) is 0.667. The second kappa shape index (κ2) is 6.79. The van der Waals surface area contributed by atoms with Crippen LogP contribution in [0.25, 0.3) is 0 Å². The molecule has 0 aromatic carbocycles. The van der Waals surface area contributed by atoms with Crippen LogP contribution < -0.4 is 15.4 Å². The summed E-state index contributed by atoms with van der Waals surface area (Å²) in [5.74, 6) is 1.55. The second-order valence-corrected chi connectivity index (χ2v) is 5.66. The summed E-state index contributed by atoms with van der Waals surface area (Å²) < 4.78 is 5.63. The molecule has 1 atom stereocenters. The molecule has 0 spiro atoms.